The van der Waals surface area contributed by atoms with Gasteiger partial charge in [-0.15, -0.1) is 11.3 Å². The van der Waals surface area contributed by atoms with Gasteiger partial charge in [0.25, 0.3) is 0 Å². The van der Waals surface area contributed by atoms with Crippen LogP contribution in [0.3, 0.4) is 0 Å². The molecule has 8 heteroatoms. The van der Waals surface area contributed by atoms with Crippen LogP contribution in [0.15, 0.2) is 18.2 Å². The molecule has 0 radical (unpaired) electrons. The zero-order valence-corrected chi connectivity index (χ0v) is 18.5. The lowest BCUT2D eigenvalue weighted by Gasteiger charge is -2.24. The highest BCUT2D eigenvalue weighted by atomic mass is 32.1. The van der Waals surface area contributed by atoms with Crippen molar-refractivity contribution in [3.05, 3.63) is 40.0 Å². The number of phosphoric ester groups is 1. The van der Waals surface area contributed by atoms with Crippen LogP contribution in [0.5, 0.6) is 0 Å². The van der Waals surface area contributed by atoms with Crippen LogP contribution >= 0.6 is 19.2 Å². The first-order valence-electron chi connectivity index (χ1n) is 10.4. The minimum atomic E-state index is -4.49. The lowest BCUT2D eigenvalue weighted by atomic mass is 9.87. The number of rotatable bonds is 7. The third-order valence-electron chi connectivity index (χ3n) is 6.13. The molecule has 1 aromatic heterocycles. The summed E-state index contributed by atoms with van der Waals surface area (Å²) in [7, 11) is -4.49. The molecule has 2 aliphatic carbocycles. The Bertz CT molecular complexity index is 941. The van der Waals surface area contributed by atoms with Crippen LogP contribution in [0.4, 0.5) is 0 Å². The normalized spacial score (nSPS) is 23.8. The number of nitrogens with two attached hydrogens (primary N) is 1. The molecule has 29 heavy (non-hydrogen) atoms. The fourth-order valence-corrected chi connectivity index (χ4v) is 6.19. The number of hydrogen-bond donors (Lipinski definition) is 3. The van der Waals surface area contributed by atoms with E-state index < -0.39 is 13.4 Å². The van der Waals surface area contributed by atoms with Crippen molar-refractivity contribution in [1.29, 1.82) is 0 Å². The number of fused-ring (bicyclic) bond motifs is 3. The first-order chi connectivity index (χ1) is 13.8. The molecule has 1 fully saturated rings. The predicted molar refractivity (Wildman–Crippen MR) is 115 cm³/mol. The molecule has 158 valence electrons. The molecule has 2 atom stereocenters. The lowest BCUT2D eigenvalue weighted by molar-refractivity contribution is 0.153. The topological polar surface area (TPSA) is 106 Å². The van der Waals surface area contributed by atoms with Crippen molar-refractivity contribution in [2.75, 3.05) is 6.61 Å². The number of unbranched alkanes of at least 4 members (excludes halogenated alkanes) is 1. The van der Waals surface area contributed by atoms with Crippen LogP contribution in [-0.2, 0) is 28.4 Å². The van der Waals surface area contributed by atoms with E-state index in [0.29, 0.717) is 18.8 Å². The van der Waals surface area contributed by atoms with Gasteiger partial charge in [-0.3, -0.25) is 4.52 Å². The van der Waals surface area contributed by atoms with Gasteiger partial charge in [0.1, 0.15) is 0 Å². The number of nitrogens with zero attached hydrogens (tertiary/aromatic N) is 1. The highest BCUT2D eigenvalue weighted by Crippen LogP contribution is 2.45. The highest BCUT2D eigenvalue weighted by Gasteiger charge is 2.38. The summed E-state index contributed by atoms with van der Waals surface area (Å²) in [5.74, 6) is 0.300. The SMILES string of the molecule is CCCCc1nc2c(s1)-c1ccc([C@H]3CC[C@](N)(COP(=O)(O)O)C3)cc1CC2. The number of thiazole rings is 1. The van der Waals surface area contributed by atoms with Crippen molar-refractivity contribution >= 4 is 19.2 Å². The Morgan fingerprint density at radius 2 is 2.21 bits per heavy atom. The molecule has 1 aromatic carbocycles. The average molecular weight is 437 g/mol. The van der Waals surface area contributed by atoms with Gasteiger partial charge in [0.05, 0.1) is 22.2 Å². The standard InChI is InChI=1S/C21H29N2O4PS/c1-2-3-4-19-23-18-8-6-15-11-14(5-7-17(15)20(18)29-19)16-9-10-21(22,12-16)13-27-28(24,25)26/h5,7,11,16H,2-4,6,8-10,12-13,22H2,1H3,(H2,24,25,26)/t16-,21+/m0/s1. The Balaban J connectivity index is 1.50. The average Bonchev–Trinajstić information content (AvgIpc) is 3.28. The molecule has 0 saturated heterocycles. The maximum absolute atomic E-state index is 11.0. The first kappa shape index (κ1) is 21.2. The van der Waals surface area contributed by atoms with Crippen molar-refractivity contribution in [3.8, 4) is 10.4 Å². The maximum atomic E-state index is 11.0. The third-order valence-corrected chi connectivity index (χ3v) is 7.78. The molecule has 6 nitrogen and oxygen atoms in total. The van der Waals surface area contributed by atoms with Crippen molar-refractivity contribution in [2.24, 2.45) is 5.73 Å². The summed E-state index contributed by atoms with van der Waals surface area (Å²) in [5.41, 5.74) is 10.9. The van der Waals surface area contributed by atoms with E-state index in [1.54, 1.807) is 0 Å². The van der Waals surface area contributed by atoms with Crippen LogP contribution in [0.2, 0.25) is 0 Å². The molecule has 0 aliphatic heterocycles. The van der Waals surface area contributed by atoms with Gasteiger partial charge in [-0.25, -0.2) is 9.55 Å². The van der Waals surface area contributed by atoms with Gasteiger partial charge >= 0.3 is 7.82 Å². The number of hydrogen-bond acceptors (Lipinski definition) is 5. The van der Waals surface area contributed by atoms with E-state index in [2.05, 4.69) is 25.1 Å². The molecule has 0 spiro atoms. The summed E-state index contributed by atoms with van der Waals surface area (Å²) in [4.78, 5) is 24.1. The van der Waals surface area contributed by atoms with Gasteiger partial charge in [-0.05, 0) is 67.6 Å². The molecule has 0 amide bonds. The lowest BCUT2D eigenvalue weighted by Crippen LogP contribution is -2.41. The fraction of sp³-hybridized carbons (Fsp3) is 0.571. The summed E-state index contributed by atoms with van der Waals surface area (Å²) >= 11 is 1.84. The Morgan fingerprint density at radius 1 is 1.38 bits per heavy atom. The number of benzene rings is 1. The Morgan fingerprint density at radius 3 is 2.97 bits per heavy atom. The quantitative estimate of drug-likeness (QED) is 0.558. The van der Waals surface area contributed by atoms with Crippen LogP contribution in [-0.4, -0.2) is 26.9 Å². The second-order valence-electron chi connectivity index (χ2n) is 8.47. The molecule has 4 rings (SSSR count). The van der Waals surface area contributed by atoms with E-state index in [9.17, 15) is 4.57 Å². The van der Waals surface area contributed by atoms with E-state index in [1.807, 2.05) is 11.3 Å². The van der Waals surface area contributed by atoms with E-state index >= 15 is 0 Å². The van der Waals surface area contributed by atoms with Gasteiger partial charge < -0.3 is 15.5 Å². The Labute approximate surface area is 175 Å². The van der Waals surface area contributed by atoms with E-state index in [0.717, 1.165) is 25.7 Å². The molecular weight excluding hydrogens is 407 g/mol. The van der Waals surface area contributed by atoms with Gasteiger partial charge in [-0.2, -0.15) is 0 Å². The molecule has 1 heterocycles. The van der Waals surface area contributed by atoms with E-state index in [1.165, 1.54) is 45.1 Å². The number of phosphoric acid groups is 1. The van der Waals surface area contributed by atoms with Crippen LogP contribution < -0.4 is 5.73 Å². The largest absolute Gasteiger partial charge is 0.469 e. The molecule has 2 aliphatic rings. The molecule has 2 aromatic rings. The first-order valence-corrected chi connectivity index (χ1v) is 12.7. The van der Waals surface area contributed by atoms with Crippen molar-refractivity contribution in [2.45, 2.75) is 69.7 Å². The fourth-order valence-electron chi connectivity index (χ4n) is 4.55. The Kier molecular flexibility index (Phi) is 6.00. The van der Waals surface area contributed by atoms with Crippen molar-refractivity contribution in [3.63, 3.8) is 0 Å². The molecule has 0 bridgehead atoms. The molecule has 0 unspecified atom stereocenters. The van der Waals surface area contributed by atoms with E-state index in [-0.39, 0.29) is 6.61 Å². The number of aromatic nitrogens is 1. The summed E-state index contributed by atoms with van der Waals surface area (Å²) in [5, 5.41) is 1.25. The van der Waals surface area contributed by atoms with Crippen molar-refractivity contribution < 1.29 is 18.9 Å². The van der Waals surface area contributed by atoms with Crippen LogP contribution in [0.1, 0.15) is 66.8 Å². The van der Waals surface area contributed by atoms with E-state index in [4.69, 9.17) is 25.0 Å². The second kappa shape index (κ2) is 8.22. The summed E-state index contributed by atoms with van der Waals surface area (Å²) in [6.45, 7) is 2.10. The van der Waals surface area contributed by atoms with Gasteiger partial charge in [-0.1, -0.05) is 31.5 Å². The van der Waals surface area contributed by atoms with Crippen LogP contribution in [0, 0.1) is 0 Å². The van der Waals surface area contributed by atoms with Crippen LogP contribution in [0.25, 0.3) is 10.4 Å². The minimum absolute atomic E-state index is 0.108. The number of aryl methyl sites for hydroxylation is 3. The molecule has 4 N–H and O–H groups in total. The predicted octanol–water partition coefficient (Wildman–Crippen LogP) is 4.33. The highest BCUT2D eigenvalue weighted by molar-refractivity contribution is 7.46. The molecule has 1 saturated carbocycles. The maximum Gasteiger partial charge on any atom is 0.469 e. The second-order valence-corrected chi connectivity index (χ2v) is 10.8. The third kappa shape index (κ3) is 4.82. The smallest absolute Gasteiger partial charge is 0.323 e. The van der Waals surface area contributed by atoms with Gasteiger partial charge in [0.2, 0.25) is 0 Å². The molecular formula is C21H29N2O4PS. The zero-order chi connectivity index (χ0) is 20.6. The summed E-state index contributed by atoms with van der Waals surface area (Å²) < 4.78 is 15.7. The van der Waals surface area contributed by atoms with Gasteiger partial charge in [0, 0.05) is 5.54 Å². The zero-order valence-electron chi connectivity index (χ0n) is 16.8. The monoisotopic (exact) mass is 436 g/mol. The summed E-state index contributed by atoms with van der Waals surface area (Å²) in [6, 6.07) is 6.73. The summed E-state index contributed by atoms with van der Waals surface area (Å²) in [6.07, 6.45) is 7.74. The van der Waals surface area contributed by atoms with Crippen molar-refractivity contribution in [1.82, 2.24) is 4.98 Å². The Hall–Kier alpha value is -1.08. The van der Waals surface area contributed by atoms with Gasteiger partial charge in [0.15, 0.2) is 0 Å². The minimum Gasteiger partial charge on any atom is -0.323 e.